The molecule has 168 valence electrons. The lowest BCUT2D eigenvalue weighted by atomic mass is 10.0. The maximum Gasteiger partial charge on any atom is 0.234 e. The maximum absolute atomic E-state index is 13.1. The van der Waals surface area contributed by atoms with E-state index in [1.807, 2.05) is 6.07 Å². The van der Waals surface area contributed by atoms with Crippen molar-refractivity contribution in [1.29, 1.82) is 0 Å². The van der Waals surface area contributed by atoms with Gasteiger partial charge >= 0.3 is 0 Å². The SMILES string of the molecule is Cc1ccc([C@H](NC(=O)CN2CCC[C@@H]2CN2C[C@H](C)O[C@@H](C)C2)c2cccs2)cc1. The number of nitrogens with one attached hydrogen (secondary N) is 1. The Kier molecular flexibility index (Phi) is 7.43. The van der Waals surface area contributed by atoms with Gasteiger partial charge in [-0.15, -0.1) is 11.3 Å². The molecule has 2 saturated heterocycles. The molecule has 3 heterocycles. The number of likely N-dealkylation sites (tertiary alicyclic amines) is 1. The highest BCUT2D eigenvalue weighted by Gasteiger charge is 2.31. The molecule has 0 radical (unpaired) electrons. The Hall–Kier alpha value is -1.73. The molecule has 31 heavy (non-hydrogen) atoms. The fourth-order valence-corrected chi connectivity index (χ4v) is 5.77. The summed E-state index contributed by atoms with van der Waals surface area (Å²) in [6.07, 6.45) is 2.89. The zero-order valence-electron chi connectivity index (χ0n) is 18.9. The number of hydrogen-bond donors (Lipinski definition) is 1. The topological polar surface area (TPSA) is 44.8 Å². The molecular formula is C25H35N3O2S. The minimum Gasteiger partial charge on any atom is -0.373 e. The highest BCUT2D eigenvalue weighted by atomic mass is 32.1. The molecule has 2 aliphatic rings. The molecule has 1 N–H and O–H groups in total. The summed E-state index contributed by atoms with van der Waals surface area (Å²) >= 11 is 1.69. The fourth-order valence-electron chi connectivity index (χ4n) is 4.97. The van der Waals surface area contributed by atoms with Crippen molar-refractivity contribution in [3.05, 3.63) is 57.8 Å². The van der Waals surface area contributed by atoms with Crippen molar-refractivity contribution in [1.82, 2.24) is 15.1 Å². The molecule has 2 fully saturated rings. The number of carbonyl (C=O) groups excluding carboxylic acids is 1. The predicted molar refractivity (Wildman–Crippen MR) is 127 cm³/mol. The van der Waals surface area contributed by atoms with Crippen LogP contribution in [0.4, 0.5) is 0 Å². The zero-order chi connectivity index (χ0) is 21.8. The van der Waals surface area contributed by atoms with Gasteiger partial charge in [0.2, 0.25) is 5.91 Å². The number of nitrogens with zero attached hydrogens (tertiary/aromatic N) is 2. The lowest BCUT2D eigenvalue weighted by molar-refractivity contribution is -0.123. The van der Waals surface area contributed by atoms with Crippen molar-refractivity contribution in [2.24, 2.45) is 0 Å². The van der Waals surface area contributed by atoms with E-state index in [0.29, 0.717) is 12.6 Å². The first-order chi connectivity index (χ1) is 15.0. The Bertz CT molecular complexity index is 829. The molecule has 4 atom stereocenters. The van der Waals surface area contributed by atoms with Crippen LogP contribution in [0.3, 0.4) is 0 Å². The van der Waals surface area contributed by atoms with E-state index in [9.17, 15) is 4.79 Å². The molecule has 2 aromatic rings. The highest BCUT2D eigenvalue weighted by molar-refractivity contribution is 7.10. The van der Waals surface area contributed by atoms with Gasteiger partial charge in [0.15, 0.2) is 0 Å². The molecule has 2 aliphatic heterocycles. The first-order valence-corrected chi connectivity index (χ1v) is 12.4. The van der Waals surface area contributed by atoms with Gasteiger partial charge in [-0.1, -0.05) is 35.9 Å². The Labute approximate surface area is 190 Å². The summed E-state index contributed by atoms with van der Waals surface area (Å²) in [6, 6.07) is 13.0. The van der Waals surface area contributed by atoms with Crippen LogP contribution in [-0.2, 0) is 9.53 Å². The summed E-state index contributed by atoms with van der Waals surface area (Å²) in [5.74, 6) is 0.106. The number of rotatable bonds is 7. The average Bonchev–Trinajstić information content (AvgIpc) is 3.39. The van der Waals surface area contributed by atoms with Gasteiger partial charge in [0.25, 0.3) is 0 Å². The summed E-state index contributed by atoms with van der Waals surface area (Å²) in [5, 5.41) is 5.39. The van der Waals surface area contributed by atoms with E-state index in [2.05, 4.69) is 71.6 Å². The van der Waals surface area contributed by atoms with Gasteiger partial charge in [0, 0.05) is 30.6 Å². The molecule has 0 aliphatic carbocycles. The maximum atomic E-state index is 13.1. The standard InChI is InChI=1S/C25H35N3O2S/c1-18-8-10-21(11-9-18)25(23-7-5-13-31-23)26-24(29)17-28-12-4-6-22(28)16-27-14-19(2)30-20(3)15-27/h5,7-11,13,19-20,22,25H,4,6,12,14-17H2,1-3H3,(H,26,29)/t19-,20-,22+,25-/m0/s1. The van der Waals surface area contributed by atoms with E-state index in [-0.39, 0.29) is 24.2 Å². The second-order valence-electron chi connectivity index (χ2n) is 9.17. The smallest absolute Gasteiger partial charge is 0.234 e. The number of hydrogen-bond acceptors (Lipinski definition) is 5. The van der Waals surface area contributed by atoms with Crippen LogP contribution in [0.1, 0.15) is 48.7 Å². The normalized spacial score (nSPS) is 26.1. The van der Waals surface area contributed by atoms with Gasteiger partial charge < -0.3 is 10.1 Å². The van der Waals surface area contributed by atoms with Gasteiger partial charge in [-0.3, -0.25) is 14.6 Å². The van der Waals surface area contributed by atoms with Crippen LogP contribution in [0.15, 0.2) is 41.8 Å². The highest BCUT2D eigenvalue weighted by Crippen LogP contribution is 2.27. The second kappa shape index (κ2) is 10.3. The molecule has 1 aromatic heterocycles. The van der Waals surface area contributed by atoms with Crippen LogP contribution in [0.25, 0.3) is 0 Å². The summed E-state index contributed by atoms with van der Waals surface area (Å²) in [4.78, 5) is 19.2. The van der Waals surface area contributed by atoms with E-state index in [4.69, 9.17) is 4.74 Å². The van der Waals surface area contributed by atoms with E-state index in [0.717, 1.165) is 31.7 Å². The van der Waals surface area contributed by atoms with Crippen molar-refractivity contribution in [2.45, 2.75) is 57.9 Å². The molecule has 1 aromatic carbocycles. The lowest BCUT2D eigenvalue weighted by Crippen LogP contribution is -2.51. The van der Waals surface area contributed by atoms with E-state index in [1.54, 1.807) is 11.3 Å². The van der Waals surface area contributed by atoms with Crippen molar-refractivity contribution >= 4 is 17.2 Å². The van der Waals surface area contributed by atoms with Crippen molar-refractivity contribution in [3.63, 3.8) is 0 Å². The summed E-state index contributed by atoms with van der Waals surface area (Å²) < 4.78 is 5.88. The number of thiophene rings is 1. The van der Waals surface area contributed by atoms with E-state index in [1.165, 1.54) is 23.3 Å². The van der Waals surface area contributed by atoms with Crippen molar-refractivity contribution < 1.29 is 9.53 Å². The van der Waals surface area contributed by atoms with Crippen LogP contribution >= 0.6 is 11.3 Å². The molecule has 6 heteroatoms. The molecule has 5 nitrogen and oxygen atoms in total. The number of ether oxygens (including phenoxy) is 1. The minimum atomic E-state index is -0.0879. The molecule has 0 bridgehead atoms. The molecule has 0 saturated carbocycles. The number of carbonyl (C=O) groups is 1. The first kappa shape index (κ1) is 22.5. The van der Waals surface area contributed by atoms with Crippen molar-refractivity contribution in [2.75, 3.05) is 32.7 Å². The number of morpholine rings is 1. The van der Waals surface area contributed by atoms with Gasteiger partial charge in [-0.25, -0.2) is 0 Å². The summed E-state index contributed by atoms with van der Waals surface area (Å²) in [5.41, 5.74) is 2.36. The quantitative estimate of drug-likeness (QED) is 0.709. The van der Waals surface area contributed by atoms with Crippen LogP contribution in [-0.4, -0.2) is 66.7 Å². The molecule has 0 unspecified atom stereocenters. The van der Waals surface area contributed by atoms with Crippen LogP contribution in [0.2, 0.25) is 0 Å². The Morgan fingerprint density at radius 3 is 2.61 bits per heavy atom. The van der Waals surface area contributed by atoms with Gasteiger partial charge in [-0.05, 0) is 57.2 Å². The third-order valence-corrected chi connectivity index (χ3v) is 7.29. The zero-order valence-corrected chi connectivity index (χ0v) is 19.7. The average molecular weight is 442 g/mol. The molecule has 1 amide bonds. The number of benzene rings is 1. The molecule has 0 spiro atoms. The number of aryl methyl sites for hydroxylation is 1. The molecule has 4 rings (SSSR count). The van der Waals surface area contributed by atoms with Crippen LogP contribution in [0, 0.1) is 6.92 Å². The monoisotopic (exact) mass is 441 g/mol. The second-order valence-corrected chi connectivity index (χ2v) is 10.1. The minimum absolute atomic E-state index is 0.0879. The largest absolute Gasteiger partial charge is 0.373 e. The van der Waals surface area contributed by atoms with Crippen LogP contribution in [0.5, 0.6) is 0 Å². The van der Waals surface area contributed by atoms with Crippen molar-refractivity contribution in [3.8, 4) is 0 Å². The third kappa shape index (κ3) is 5.95. The number of amides is 1. The predicted octanol–water partition coefficient (Wildman–Crippen LogP) is 3.84. The third-order valence-electron chi connectivity index (χ3n) is 6.35. The first-order valence-electron chi connectivity index (χ1n) is 11.5. The van der Waals surface area contributed by atoms with Gasteiger partial charge in [0.05, 0.1) is 24.8 Å². The molecular weight excluding hydrogens is 406 g/mol. The van der Waals surface area contributed by atoms with E-state index >= 15 is 0 Å². The summed E-state index contributed by atoms with van der Waals surface area (Å²) in [7, 11) is 0. The van der Waals surface area contributed by atoms with E-state index < -0.39 is 0 Å². The Morgan fingerprint density at radius 1 is 1.19 bits per heavy atom. The fraction of sp³-hybridized carbons (Fsp3) is 0.560. The Balaban J connectivity index is 1.38. The summed E-state index contributed by atoms with van der Waals surface area (Å²) in [6.45, 7) is 10.8. The van der Waals surface area contributed by atoms with Gasteiger partial charge in [-0.2, -0.15) is 0 Å². The van der Waals surface area contributed by atoms with Crippen LogP contribution < -0.4 is 5.32 Å². The van der Waals surface area contributed by atoms with Gasteiger partial charge in [0.1, 0.15) is 0 Å². The Morgan fingerprint density at radius 2 is 1.94 bits per heavy atom. The lowest BCUT2D eigenvalue weighted by Gasteiger charge is -2.38.